The van der Waals surface area contributed by atoms with Crippen LogP contribution in [0.15, 0.2) is 12.4 Å². The Morgan fingerprint density at radius 2 is 2.33 bits per heavy atom. The lowest BCUT2D eigenvalue weighted by molar-refractivity contribution is 0.0943. The maximum atomic E-state index is 11.4. The molecule has 0 aliphatic carbocycles. The average molecular weight is 231 g/mol. The zero-order chi connectivity index (χ0) is 11.5. The molecule has 84 valence electrons. The molecular formula is C8H13N3O3S. The van der Waals surface area contributed by atoms with Crippen LogP contribution in [0.25, 0.3) is 0 Å². The quantitative estimate of drug-likeness (QED) is 0.735. The Balaban J connectivity index is 2.53. The number of H-pyrrole nitrogens is 1. The molecule has 0 aliphatic heterocycles. The smallest absolute Gasteiger partial charge is 0.254 e. The molecule has 15 heavy (non-hydrogen) atoms. The van der Waals surface area contributed by atoms with Gasteiger partial charge in [-0.2, -0.15) is 5.10 Å². The third kappa shape index (κ3) is 4.11. The number of rotatable bonds is 4. The Hall–Kier alpha value is -1.37. The highest BCUT2D eigenvalue weighted by Gasteiger charge is 2.14. The highest BCUT2D eigenvalue weighted by Crippen LogP contribution is 1.96. The van der Waals surface area contributed by atoms with E-state index in [1.54, 1.807) is 6.92 Å². The van der Waals surface area contributed by atoms with Crippen molar-refractivity contribution in [1.29, 1.82) is 0 Å². The van der Waals surface area contributed by atoms with E-state index in [2.05, 4.69) is 15.5 Å². The van der Waals surface area contributed by atoms with Gasteiger partial charge in [-0.25, -0.2) is 8.42 Å². The van der Waals surface area contributed by atoms with Gasteiger partial charge in [0.2, 0.25) is 0 Å². The summed E-state index contributed by atoms with van der Waals surface area (Å²) in [7, 11) is -3.08. The van der Waals surface area contributed by atoms with Gasteiger partial charge in [0.25, 0.3) is 5.91 Å². The van der Waals surface area contributed by atoms with Crippen molar-refractivity contribution in [3.05, 3.63) is 18.0 Å². The van der Waals surface area contributed by atoms with Gasteiger partial charge in [-0.15, -0.1) is 0 Å². The molecule has 0 saturated carbocycles. The molecule has 1 aromatic rings. The Morgan fingerprint density at radius 3 is 2.80 bits per heavy atom. The van der Waals surface area contributed by atoms with Crippen LogP contribution in [-0.2, 0) is 9.84 Å². The van der Waals surface area contributed by atoms with Gasteiger partial charge in [0.05, 0.1) is 17.5 Å². The molecule has 1 heterocycles. The largest absolute Gasteiger partial charge is 0.348 e. The summed E-state index contributed by atoms with van der Waals surface area (Å²) in [5.74, 6) is -0.406. The number of aromatic nitrogens is 2. The van der Waals surface area contributed by atoms with Gasteiger partial charge in [-0.3, -0.25) is 9.89 Å². The lowest BCUT2D eigenvalue weighted by Gasteiger charge is -2.11. The molecule has 0 aliphatic rings. The van der Waals surface area contributed by atoms with E-state index in [1.807, 2.05) is 0 Å². The van der Waals surface area contributed by atoms with Crippen LogP contribution in [0.4, 0.5) is 0 Å². The second kappa shape index (κ2) is 4.43. The number of amides is 1. The summed E-state index contributed by atoms with van der Waals surface area (Å²) < 4.78 is 21.9. The number of nitrogens with one attached hydrogen (secondary N) is 2. The molecule has 1 rings (SSSR count). The third-order valence-corrected chi connectivity index (χ3v) is 2.80. The number of carbonyl (C=O) groups is 1. The number of hydrogen-bond donors (Lipinski definition) is 2. The second-order valence-corrected chi connectivity index (χ2v) is 5.64. The van der Waals surface area contributed by atoms with Crippen molar-refractivity contribution in [1.82, 2.24) is 15.5 Å². The predicted octanol–water partition coefficient (Wildman–Crippen LogP) is -0.427. The minimum atomic E-state index is -3.08. The van der Waals surface area contributed by atoms with Gasteiger partial charge in [0.15, 0.2) is 0 Å². The lowest BCUT2D eigenvalue weighted by Crippen LogP contribution is -2.37. The van der Waals surface area contributed by atoms with Crippen LogP contribution in [0.1, 0.15) is 17.3 Å². The van der Waals surface area contributed by atoms with Crippen molar-refractivity contribution in [2.24, 2.45) is 0 Å². The first-order valence-corrected chi connectivity index (χ1v) is 6.42. The van der Waals surface area contributed by atoms with Crippen LogP contribution in [0.3, 0.4) is 0 Å². The Kier molecular flexibility index (Phi) is 3.46. The zero-order valence-electron chi connectivity index (χ0n) is 8.52. The highest BCUT2D eigenvalue weighted by atomic mass is 32.2. The van der Waals surface area contributed by atoms with Crippen molar-refractivity contribution >= 4 is 15.7 Å². The van der Waals surface area contributed by atoms with Crippen LogP contribution < -0.4 is 5.32 Å². The van der Waals surface area contributed by atoms with E-state index in [0.29, 0.717) is 5.56 Å². The predicted molar refractivity (Wildman–Crippen MR) is 55.2 cm³/mol. The fraction of sp³-hybridized carbons (Fsp3) is 0.500. The summed E-state index contributed by atoms with van der Waals surface area (Å²) in [4.78, 5) is 11.4. The van der Waals surface area contributed by atoms with Gasteiger partial charge in [-0.1, -0.05) is 0 Å². The van der Waals surface area contributed by atoms with Crippen molar-refractivity contribution in [3.63, 3.8) is 0 Å². The van der Waals surface area contributed by atoms with E-state index in [4.69, 9.17) is 0 Å². The molecule has 0 fully saturated rings. The first-order valence-electron chi connectivity index (χ1n) is 4.36. The standard InChI is InChI=1S/C8H13N3O3S/c1-6(5-15(2,13)14)11-8(12)7-3-9-10-4-7/h3-4,6H,5H2,1-2H3,(H,9,10)(H,11,12). The molecule has 1 atom stereocenters. The van der Waals surface area contributed by atoms with E-state index in [9.17, 15) is 13.2 Å². The summed E-state index contributed by atoms with van der Waals surface area (Å²) >= 11 is 0. The molecule has 0 radical (unpaired) electrons. The molecule has 0 bridgehead atoms. The number of sulfone groups is 1. The van der Waals surface area contributed by atoms with E-state index < -0.39 is 15.9 Å². The Morgan fingerprint density at radius 1 is 1.67 bits per heavy atom. The monoisotopic (exact) mass is 231 g/mol. The maximum absolute atomic E-state index is 11.4. The minimum Gasteiger partial charge on any atom is -0.348 e. The molecule has 6 nitrogen and oxygen atoms in total. The van der Waals surface area contributed by atoms with Gasteiger partial charge < -0.3 is 5.32 Å². The number of aromatic amines is 1. The van der Waals surface area contributed by atoms with Gasteiger partial charge in [-0.05, 0) is 6.92 Å². The first kappa shape index (κ1) is 11.7. The van der Waals surface area contributed by atoms with Gasteiger partial charge >= 0.3 is 0 Å². The van der Waals surface area contributed by atoms with Crippen LogP contribution in [0.5, 0.6) is 0 Å². The Labute approximate surface area is 88.0 Å². The lowest BCUT2D eigenvalue weighted by atomic mass is 10.3. The Bertz CT molecular complexity index is 424. The highest BCUT2D eigenvalue weighted by molar-refractivity contribution is 7.90. The summed E-state index contributed by atoms with van der Waals surface area (Å²) in [6.07, 6.45) is 3.96. The number of carbonyl (C=O) groups excluding carboxylic acids is 1. The van der Waals surface area contributed by atoms with Gasteiger partial charge in [0.1, 0.15) is 9.84 Å². The molecule has 2 N–H and O–H groups in total. The van der Waals surface area contributed by atoms with Crippen LogP contribution >= 0.6 is 0 Å². The molecule has 0 spiro atoms. The first-order chi connectivity index (χ1) is 6.88. The summed E-state index contributed by atoms with van der Waals surface area (Å²) in [5.41, 5.74) is 0.385. The fourth-order valence-corrected chi connectivity index (χ4v) is 2.17. The topological polar surface area (TPSA) is 91.9 Å². The summed E-state index contributed by atoms with van der Waals surface area (Å²) in [5, 5.41) is 8.68. The number of hydrogen-bond acceptors (Lipinski definition) is 4. The van der Waals surface area contributed by atoms with E-state index in [-0.39, 0.29) is 11.7 Å². The zero-order valence-corrected chi connectivity index (χ0v) is 9.34. The third-order valence-electron chi connectivity index (χ3n) is 1.69. The van der Waals surface area contributed by atoms with E-state index in [0.717, 1.165) is 6.26 Å². The van der Waals surface area contributed by atoms with Crippen LogP contribution in [-0.4, -0.2) is 42.6 Å². The van der Waals surface area contributed by atoms with E-state index in [1.165, 1.54) is 12.4 Å². The van der Waals surface area contributed by atoms with Gasteiger partial charge in [0, 0.05) is 18.5 Å². The molecule has 1 unspecified atom stereocenters. The summed E-state index contributed by atoms with van der Waals surface area (Å²) in [6.45, 7) is 1.64. The molecule has 7 heteroatoms. The molecule has 0 aromatic carbocycles. The van der Waals surface area contributed by atoms with Crippen LogP contribution in [0, 0.1) is 0 Å². The summed E-state index contributed by atoms with van der Waals surface area (Å²) in [6, 6.07) is -0.414. The molecule has 1 aromatic heterocycles. The average Bonchev–Trinajstić information content (AvgIpc) is 2.50. The van der Waals surface area contributed by atoms with E-state index >= 15 is 0 Å². The van der Waals surface area contributed by atoms with Crippen molar-refractivity contribution in [2.75, 3.05) is 12.0 Å². The second-order valence-electron chi connectivity index (χ2n) is 3.45. The van der Waals surface area contributed by atoms with Crippen LogP contribution in [0.2, 0.25) is 0 Å². The van der Waals surface area contributed by atoms with Crippen molar-refractivity contribution in [3.8, 4) is 0 Å². The molecular weight excluding hydrogens is 218 g/mol. The van der Waals surface area contributed by atoms with Crippen molar-refractivity contribution < 1.29 is 13.2 Å². The fourth-order valence-electron chi connectivity index (χ4n) is 1.18. The SMILES string of the molecule is CC(CS(C)(=O)=O)NC(=O)c1cn[nH]c1. The molecule has 1 amide bonds. The number of nitrogens with zero attached hydrogens (tertiary/aromatic N) is 1. The molecule has 0 saturated heterocycles. The normalized spacial score (nSPS) is 13.5. The minimum absolute atomic E-state index is 0.0728. The van der Waals surface area contributed by atoms with Crippen molar-refractivity contribution in [2.45, 2.75) is 13.0 Å². The maximum Gasteiger partial charge on any atom is 0.254 e.